The average Bonchev–Trinajstić information content (AvgIpc) is 3.41. The number of carbonyl (C=O) groups is 2. The Hall–Kier alpha value is -3.82. The van der Waals surface area contributed by atoms with Gasteiger partial charge in [0.15, 0.2) is 5.69 Å². The molecule has 0 saturated heterocycles. The first-order valence-electron chi connectivity index (χ1n) is 12.9. The van der Waals surface area contributed by atoms with E-state index in [1.807, 2.05) is 30.3 Å². The van der Waals surface area contributed by atoms with Gasteiger partial charge in [-0.15, -0.1) is 0 Å². The van der Waals surface area contributed by atoms with E-state index in [0.29, 0.717) is 24.2 Å². The number of nitrogens with one attached hydrogen (secondary N) is 2. The van der Waals surface area contributed by atoms with Crippen LogP contribution in [-0.4, -0.2) is 40.1 Å². The fourth-order valence-electron chi connectivity index (χ4n) is 3.92. The van der Waals surface area contributed by atoms with Crippen molar-refractivity contribution in [2.24, 2.45) is 5.92 Å². The Bertz CT molecular complexity index is 1250. The fourth-order valence-corrected chi connectivity index (χ4v) is 3.92. The molecule has 39 heavy (non-hydrogen) atoms. The van der Waals surface area contributed by atoms with Crippen LogP contribution < -0.4 is 10.6 Å². The Labute approximate surface area is 226 Å². The van der Waals surface area contributed by atoms with Gasteiger partial charge in [0.1, 0.15) is 5.60 Å². The molecular weight excluding hydrogens is 509 g/mol. The highest BCUT2D eigenvalue weighted by Gasteiger charge is 2.33. The zero-order chi connectivity index (χ0) is 28.6. The molecule has 1 amide bonds. The minimum Gasteiger partial charge on any atom is -0.458 e. The predicted molar refractivity (Wildman–Crippen MR) is 144 cm³/mol. The largest absolute Gasteiger partial charge is 0.458 e. The summed E-state index contributed by atoms with van der Waals surface area (Å²) in [5.74, 6) is -0.237. The van der Waals surface area contributed by atoms with Crippen molar-refractivity contribution in [2.75, 3.05) is 18.4 Å². The molecule has 0 spiro atoms. The van der Waals surface area contributed by atoms with E-state index < -0.39 is 17.5 Å². The summed E-state index contributed by atoms with van der Waals surface area (Å²) < 4.78 is 45.1. The van der Waals surface area contributed by atoms with Crippen LogP contribution in [0.25, 0.3) is 5.69 Å². The highest BCUT2D eigenvalue weighted by Crippen LogP contribution is 2.28. The maximum atomic E-state index is 12.9. The summed E-state index contributed by atoms with van der Waals surface area (Å²) in [5, 5.41) is 6.24. The molecule has 1 aromatic heterocycles. The first-order valence-corrected chi connectivity index (χ1v) is 12.9. The van der Waals surface area contributed by atoms with Gasteiger partial charge in [0.25, 0.3) is 5.91 Å². The molecule has 0 saturated carbocycles. The first kappa shape index (κ1) is 29.7. The molecule has 0 aliphatic rings. The highest BCUT2D eigenvalue weighted by atomic mass is 19.4. The van der Waals surface area contributed by atoms with Crippen LogP contribution >= 0.6 is 0 Å². The number of halogens is 3. The van der Waals surface area contributed by atoms with Crippen molar-refractivity contribution in [2.45, 2.75) is 58.7 Å². The number of nitrogens with zero attached hydrogens (tertiary/aromatic N) is 2. The molecule has 1 heterocycles. The van der Waals surface area contributed by atoms with E-state index in [0.717, 1.165) is 30.2 Å². The van der Waals surface area contributed by atoms with Crippen molar-refractivity contribution in [1.29, 1.82) is 0 Å². The number of esters is 1. The Kier molecular flexibility index (Phi) is 9.77. The topological polar surface area (TPSA) is 85.2 Å². The van der Waals surface area contributed by atoms with Gasteiger partial charge in [0, 0.05) is 36.1 Å². The van der Waals surface area contributed by atoms with E-state index in [1.165, 1.54) is 4.57 Å². The lowest BCUT2D eigenvalue weighted by Gasteiger charge is -2.25. The second kappa shape index (κ2) is 12.8. The van der Waals surface area contributed by atoms with Crippen LogP contribution in [0, 0.1) is 5.92 Å². The van der Waals surface area contributed by atoms with Crippen LogP contribution in [0.4, 0.5) is 18.9 Å². The third kappa shape index (κ3) is 8.87. The van der Waals surface area contributed by atoms with E-state index in [4.69, 9.17) is 4.74 Å². The number of aryl methyl sites for hydroxylation is 1. The number of imidazole rings is 1. The molecule has 10 heteroatoms. The maximum Gasteiger partial charge on any atom is 0.434 e. The molecule has 0 radical (unpaired) electrons. The summed E-state index contributed by atoms with van der Waals surface area (Å²) >= 11 is 0. The van der Waals surface area contributed by atoms with Gasteiger partial charge < -0.3 is 19.9 Å². The third-order valence-corrected chi connectivity index (χ3v) is 6.22. The van der Waals surface area contributed by atoms with Gasteiger partial charge in [-0.25, -0.2) is 4.98 Å². The number of carbonyl (C=O) groups excluding carboxylic acids is 2. The molecule has 0 aliphatic heterocycles. The summed E-state index contributed by atoms with van der Waals surface area (Å²) in [5.41, 5.74) is 1.23. The number of rotatable bonds is 12. The Morgan fingerprint density at radius 1 is 1.08 bits per heavy atom. The van der Waals surface area contributed by atoms with Gasteiger partial charge in [-0.05, 0) is 68.5 Å². The van der Waals surface area contributed by atoms with Gasteiger partial charge in [0.2, 0.25) is 0 Å². The molecule has 7 nitrogen and oxygen atoms in total. The molecule has 3 rings (SSSR count). The minimum atomic E-state index is -4.48. The van der Waals surface area contributed by atoms with Crippen molar-refractivity contribution in [3.8, 4) is 5.69 Å². The van der Waals surface area contributed by atoms with Crippen molar-refractivity contribution in [3.05, 3.63) is 77.9 Å². The number of anilines is 1. The second-order valence-electron chi connectivity index (χ2n) is 10.2. The van der Waals surface area contributed by atoms with Gasteiger partial charge in [0.05, 0.1) is 12.9 Å². The molecule has 0 bridgehead atoms. The van der Waals surface area contributed by atoms with Crippen molar-refractivity contribution >= 4 is 17.6 Å². The monoisotopic (exact) mass is 544 g/mol. The fraction of sp³-hybridized carbons (Fsp3) is 0.414. The standard InChI is InChI=1S/C29H35F3N4O3/c1-5-26(37)39-28(3,4)18-34-27(38)24-9-7-6-8-21(24)11-10-20(2)16-33-22-12-14-23(15-13-22)36-17-25(35-19-36)29(30,31)32/h6-9,12-15,17,19-20,33H,5,10-11,16,18H2,1-4H3,(H,34,38). The van der Waals surface area contributed by atoms with E-state index >= 15 is 0 Å². The Morgan fingerprint density at radius 3 is 2.41 bits per heavy atom. The molecule has 2 N–H and O–H groups in total. The molecule has 0 fully saturated rings. The summed E-state index contributed by atoms with van der Waals surface area (Å²) in [6.07, 6.45) is -0.546. The molecule has 1 atom stereocenters. The van der Waals surface area contributed by atoms with E-state index in [-0.39, 0.29) is 30.8 Å². The van der Waals surface area contributed by atoms with Gasteiger partial charge in [-0.3, -0.25) is 9.59 Å². The maximum absolute atomic E-state index is 12.9. The number of aromatic nitrogens is 2. The SMILES string of the molecule is CCC(=O)OC(C)(C)CNC(=O)c1ccccc1CCC(C)CNc1ccc(-n2cnc(C(F)(F)F)c2)cc1. The van der Waals surface area contributed by atoms with Gasteiger partial charge in [-0.2, -0.15) is 13.2 Å². The highest BCUT2D eigenvalue weighted by molar-refractivity contribution is 5.95. The van der Waals surface area contributed by atoms with Crippen LogP contribution in [0.15, 0.2) is 61.1 Å². The molecule has 0 aliphatic carbocycles. The van der Waals surface area contributed by atoms with Crippen LogP contribution in [0.3, 0.4) is 0 Å². The molecule has 3 aromatic rings. The van der Waals surface area contributed by atoms with Crippen molar-refractivity contribution < 1.29 is 27.5 Å². The zero-order valence-corrected chi connectivity index (χ0v) is 22.6. The van der Waals surface area contributed by atoms with Crippen molar-refractivity contribution in [3.63, 3.8) is 0 Å². The zero-order valence-electron chi connectivity index (χ0n) is 22.6. The second-order valence-corrected chi connectivity index (χ2v) is 10.2. The predicted octanol–water partition coefficient (Wildman–Crippen LogP) is 6.03. The molecular formula is C29H35F3N4O3. The number of benzene rings is 2. The summed E-state index contributed by atoms with van der Waals surface area (Å²) in [7, 11) is 0. The summed E-state index contributed by atoms with van der Waals surface area (Å²) in [6.45, 7) is 8.25. The average molecular weight is 545 g/mol. The van der Waals surface area contributed by atoms with Crippen LogP contribution in [0.2, 0.25) is 0 Å². The van der Waals surface area contributed by atoms with E-state index in [9.17, 15) is 22.8 Å². The van der Waals surface area contributed by atoms with E-state index in [1.54, 1.807) is 39.0 Å². The normalized spacial score (nSPS) is 12.6. The number of amides is 1. The van der Waals surface area contributed by atoms with Crippen LogP contribution in [-0.2, 0) is 22.1 Å². The van der Waals surface area contributed by atoms with Gasteiger partial charge >= 0.3 is 12.1 Å². The number of ether oxygens (including phenoxy) is 1. The molecule has 2 aromatic carbocycles. The molecule has 1 unspecified atom stereocenters. The lowest BCUT2D eigenvalue weighted by molar-refractivity contribution is -0.155. The Balaban J connectivity index is 1.50. The number of hydrogen-bond donors (Lipinski definition) is 2. The van der Waals surface area contributed by atoms with Crippen LogP contribution in [0.5, 0.6) is 0 Å². The summed E-state index contributed by atoms with van der Waals surface area (Å²) in [6, 6.07) is 14.5. The van der Waals surface area contributed by atoms with Crippen LogP contribution in [0.1, 0.15) is 62.2 Å². The third-order valence-electron chi connectivity index (χ3n) is 6.22. The number of alkyl halides is 3. The smallest absolute Gasteiger partial charge is 0.434 e. The van der Waals surface area contributed by atoms with Gasteiger partial charge in [-0.1, -0.05) is 32.0 Å². The lowest BCUT2D eigenvalue weighted by atomic mass is 9.97. The Morgan fingerprint density at radius 2 is 1.77 bits per heavy atom. The quantitative estimate of drug-likeness (QED) is 0.272. The minimum absolute atomic E-state index is 0.204. The van der Waals surface area contributed by atoms with E-state index in [2.05, 4.69) is 22.5 Å². The number of hydrogen-bond acceptors (Lipinski definition) is 5. The lowest BCUT2D eigenvalue weighted by Crippen LogP contribution is -2.42. The first-order chi connectivity index (χ1) is 18.4. The summed E-state index contributed by atoms with van der Waals surface area (Å²) in [4.78, 5) is 27.9. The van der Waals surface area contributed by atoms with Crippen molar-refractivity contribution in [1.82, 2.24) is 14.9 Å². The molecule has 210 valence electrons.